The first-order chi connectivity index (χ1) is 8.35. The van der Waals surface area contributed by atoms with Crippen LogP contribution in [0.25, 0.3) is 0 Å². The van der Waals surface area contributed by atoms with Crippen molar-refractivity contribution in [1.29, 1.82) is 0 Å². The summed E-state index contributed by atoms with van der Waals surface area (Å²) in [4.78, 5) is 4.03. The maximum Gasteiger partial charge on any atom is 0.242 e. The fraction of sp³-hybridized carbons (Fsp3) is 0.500. The molecule has 102 valence electrons. The van der Waals surface area contributed by atoms with E-state index in [1.807, 2.05) is 0 Å². The second-order valence-corrected chi connectivity index (χ2v) is 7.09. The van der Waals surface area contributed by atoms with Gasteiger partial charge in [-0.05, 0) is 19.1 Å². The first-order valence-electron chi connectivity index (χ1n) is 5.31. The van der Waals surface area contributed by atoms with Gasteiger partial charge in [-0.2, -0.15) is 0 Å². The van der Waals surface area contributed by atoms with Gasteiger partial charge in [0.05, 0.1) is 0 Å². The predicted molar refractivity (Wildman–Crippen MR) is 72.5 cm³/mol. The first kappa shape index (κ1) is 15.1. The van der Waals surface area contributed by atoms with Gasteiger partial charge in [-0.15, -0.1) is 0 Å². The molecule has 0 spiro atoms. The molecule has 1 aromatic rings. The van der Waals surface area contributed by atoms with Crippen molar-refractivity contribution in [2.75, 3.05) is 24.4 Å². The molecule has 8 heteroatoms. The summed E-state index contributed by atoms with van der Waals surface area (Å²) in [6, 6.07) is 2.67. The van der Waals surface area contributed by atoms with Crippen molar-refractivity contribution in [2.24, 2.45) is 0 Å². The van der Waals surface area contributed by atoms with E-state index in [4.69, 9.17) is 0 Å². The minimum Gasteiger partial charge on any atom is -0.373 e. The lowest BCUT2D eigenvalue weighted by Gasteiger charge is -2.12. The van der Waals surface area contributed by atoms with Crippen molar-refractivity contribution < 1.29 is 12.6 Å². The third kappa shape index (κ3) is 4.35. The van der Waals surface area contributed by atoms with Crippen LogP contribution in [0.15, 0.2) is 23.2 Å². The number of aromatic nitrogens is 1. The second kappa shape index (κ2) is 6.26. The Morgan fingerprint density at radius 2 is 2.11 bits per heavy atom. The van der Waals surface area contributed by atoms with E-state index >= 15 is 0 Å². The zero-order chi connectivity index (χ0) is 13.8. The molecule has 1 rings (SSSR count). The number of hydrogen-bond acceptors (Lipinski definition) is 5. The van der Waals surface area contributed by atoms with Crippen LogP contribution in [-0.4, -0.2) is 42.7 Å². The molecule has 0 aliphatic heterocycles. The number of pyridine rings is 1. The van der Waals surface area contributed by atoms with Crippen LogP contribution < -0.4 is 10.0 Å². The first-order valence-corrected chi connectivity index (χ1v) is 8.52. The molecule has 18 heavy (non-hydrogen) atoms. The summed E-state index contributed by atoms with van der Waals surface area (Å²) in [5.74, 6) is 0.873. The van der Waals surface area contributed by atoms with Gasteiger partial charge in [-0.25, -0.2) is 18.1 Å². The lowest BCUT2D eigenvalue weighted by molar-refractivity contribution is 0.569. The lowest BCUT2D eigenvalue weighted by atomic mass is 10.4. The summed E-state index contributed by atoms with van der Waals surface area (Å²) in [6.45, 7) is 1.67. The average Bonchev–Trinajstić information content (AvgIpc) is 2.27. The van der Waals surface area contributed by atoms with Gasteiger partial charge in [-0.3, -0.25) is 4.21 Å². The molecule has 2 unspecified atom stereocenters. The van der Waals surface area contributed by atoms with Crippen LogP contribution in [0.5, 0.6) is 0 Å². The van der Waals surface area contributed by atoms with Crippen molar-refractivity contribution >= 4 is 26.6 Å². The van der Waals surface area contributed by atoms with E-state index in [-0.39, 0.29) is 16.7 Å². The van der Waals surface area contributed by atoms with Gasteiger partial charge in [0.1, 0.15) is 10.7 Å². The molecule has 0 fully saturated rings. The number of anilines is 1. The molecular weight excluding hydrogens is 274 g/mol. The molecule has 0 saturated carbocycles. The van der Waals surface area contributed by atoms with Crippen LogP contribution in [0.4, 0.5) is 5.82 Å². The van der Waals surface area contributed by atoms with E-state index in [1.54, 1.807) is 20.0 Å². The normalized spacial score (nSPS) is 15.1. The van der Waals surface area contributed by atoms with Crippen molar-refractivity contribution in [3.8, 4) is 0 Å². The summed E-state index contributed by atoms with van der Waals surface area (Å²) < 4.78 is 37.4. The van der Waals surface area contributed by atoms with Crippen LogP contribution in [0.2, 0.25) is 0 Å². The van der Waals surface area contributed by atoms with E-state index < -0.39 is 20.8 Å². The van der Waals surface area contributed by atoms with Crippen LogP contribution in [-0.2, 0) is 20.8 Å². The van der Waals surface area contributed by atoms with Crippen molar-refractivity contribution in [3.63, 3.8) is 0 Å². The van der Waals surface area contributed by atoms with Gasteiger partial charge in [0, 0.05) is 42.1 Å². The van der Waals surface area contributed by atoms with E-state index in [0.717, 1.165) is 0 Å². The minimum absolute atomic E-state index is 0.0928. The largest absolute Gasteiger partial charge is 0.373 e. The highest BCUT2D eigenvalue weighted by Gasteiger charge is 2.18. The van der Waals surface area contributed by atoms with Crippen LogP contribution in [0.3, 0.4) is 0 Å². The van der Waals surface area contributed by atoms with E-state index in [1.165, 1.54) is 18.5 Å². The predicted octanol–water partition coefficient (Wildman–Crippen LogP) is 0.169. The molecule has 0 aliphatic carbocycles. The van der Waals surface area contributed by atoms with Gasteiger partial charge in [0.15, 0.2) is 0 Å². The minimum atomic E-state index is -3.60. The van der Waals surface area contributed by atoms with E-state index in [9.17, 15) is 12.6 Å². The molecule has 2 N–H and O–H groups in total. The molecule has 1 aromatic heterocycles. The highest BCUT2D eigenvalue weighted by molar-refractivity contribution is 7.89. The molecule has 0 aromatic carbocycles. The summed E-state index contributed by atoms with van der Waals surface area (Å²) in [5.41, 5.74) is 0. The average molecular weight is 291 g/mol. The Morgan fingerprint density at radius 1 is 1.44 bits per heavy atom. The number of sulfonamides is 1. The molecular formula is C10H17N3O3S2. The van der Waals surface area contributed by atoms with Crippen LogP contribution >= 0.6 is 0 Å². The monoisotopic (exact) mass is 291 g/mol. The van der Waals surface area contributed by atoms with Crippen LogP contribution in [0.1, 0.15) is 6.92 Å². The fourth-order valence-electron chi connectivity index (χ4n) is 1.41. The smallest absolute Gasteiger partial charge is 0.242 e. The lowest BCUT2D eigenvalue weighted by Crippen LogP contribution is -2.36. The molecule has 0 bridgehead atoms. The molecule has 6 nitrogen and oxygen atoms in total. The zero-order valence-electron chi connectivity index (χ0n) is 10.5. The van der Waals surface area contributed by atoms with Gasteiger partial charge in [-0.1, -0.05) is 0 Å². The number of hydrogen-bond donors (Lipinski definition) is 2. The molecule has 0 aliphatic rings. The number of nitrogens with one attached hydrogen (secondary N) is 2. The van der Waals surface area contributed by atoms with Crippen molar-refractivity contribution in [2.45, 2.75) is 17.9 Å². The third-order valence-corrected chi connectivity index (χ3v) is 4.69. The molecule has 2 atom stereocenters. The van der Waals surface area contributed by atoms with Crippen molar-refractivity contribution in [1.82, 2.24) is 9.71 Å². The quantitative estimate of drug-likeness (QED) is 0.780. The SMILES string of the molecule is CNc1ccc(S(=O)(=O)NC(C)CS(C)=O)cn1. The maximum absolute atomic E-state index is 12.0. The standard InChI is InChI=1S/C10H17N3O3S2/c1-8(7-17(3)14)13-18(15,16)9-4-5-10(11-2)12-6-9/h4-6,8,13H,7H2,1-3H3,(H,11,12). The fourth-order valence-corrected chi connectivity index (χ4v) is 3.49. The highest BCUT2D eigenvalue weighted by atomic mass is 32.2. The summed E-state index contributed by atoms with van der Waals surface area (Å²) in [5, 5.41) is 2.81. The van der Waals surface area contributed by atoms with E-state index in [2.05, 4.69) is 15.0 Å². The number of rotatable bonds is 6. The van der Waals surface area contributed by atoms with Gasteiger partial charge >= 0.3 is 0 Å². The molecule has 0 amide bonds. The maximum atomic E-state index is 12.0. The van der Waals surface area contributed by atoms with Crippen molar-refractivity contribution in [3.05, 3.63) is 18.3 Å². The third-order valence-electron chi connectivity index (χ3n) is 2.14. The number of nitrogens with zero attached hydrogens (tertiary/aromatic N) is 1. The Balaban J connectivity index is 2.82. The molecule has 0 radical (unpaired) electrons. The Kier molecular flexibility index (Phi) is 5.24. The Morgan fingerprint density at radius 3 is 2.56 bits per heavy atom. The molecule has 1 heterocycles. The Bertz CT molecular complexity index is 514. The summed E-state index contributed by atoms with van der Waals surface area (Å²) in [6.07, 6.45) is 2.82. The van der Waals surface area contributed by atoms with E-state index in [0.29, 0.717) is 5.82 Å². The van der Waals surface area contributed by atoms with Crippen LogP contribution in [0, 0.1) is 0 Å². The van der Waals surface area contributed by atoms with Gasteiger partial charge in [0.25, 0.3) is 0 Å². The second-order valence-electron chi connectivity index (χ2n) is 3.89. The van der Waals surface area contributed by atoms with Gasteiger partial charge in [0.2, 0.25) is 10.0 Å². The summed E-state index contributed by atoms with van der Waals surface area (Å²) in [7, 11) is -2.95. The highest BCUT2D eigenvalue weighted by Crippen LogP contribution is 2.10. The molecule has 0 saturated heterocycles. The topological polar surface area (TPSA) is 88.2 Å². The van der Waals surface area contributed by atoms with Gasteiger partial charge < -0.3 is 5.32 Å². The Labute approximate surface area is 110 Å². The zero-order valence-corrected chi connectivity index (χ0v) is 12.1. The Hall–Kier alpha value is -0.990. The summed E-state index contributed by atoms with van der Waals surface area (Å²) >= 11 is 0.